The lowest BCUT2D eigenvalue weighted by molar-refractivity contribution is 0.178. The SMILES string of the molecule is COc1ccc(CC(O)c2ccccc2)c(N)c1. The molecule has 0 aliphatic carbocycles. The number of hydrogen-bond donors (Lipinski definition) is 2. The number of aliphatic hydroxyl groups excluding tert-OH is 1. The van der Waals surface area contributed by atoms with Crippen LogP contribution in [0.3, 0.4) is 0 Å². The van der Waals surface area contributed by atoms with Gasteiger partial charge in [0.2, 0.25) is 0 Å². The zero-order valence-corrected chi connectivity index (χ0v) is 10.3. The minimum Gasteiger partial charge on any atom is -0.497 e. The van der Waals surface area contributed by atoms with E-state index in [-0.39, 0.29) is 0 Å². The van der Waals surface area contributed by atoms with Crippen LogP contribution in [0.15, 0.2) is 48.5 Å². The molecule has 2 rings (SSSR count). The van der Waals surface area contributed by atoms with E-state index < -0.39 is 6.10 Å². The van der Waals surface area contributed by atoms with Gasteiger partial charge in [-0.3, -0.25) is 0 Å². The molecule has 0 aliphatic heterocycles. The maximum absolute atomic E-state index is 10.1. The fourth-order valence-corrected chi connectivity index (χ4v) is 1.89. The van der Waals surface area contributed by atoms with Crippen LogP contribution in [0.5, 0.6) is 5.75 Å². The van der Waals surface area contributed by atoms with E-state index in [1.165, 1.54) is 0 Å². The molecule has 2 aromatic rings. The Morgan fingerprint density at radius 3 is 2.50 bits per heavy atom. The second-order valence-electron chi connectivity index (χ2n) is 4.20. The summed E-state index contributed by atoms with van der Waals surface area (Å²) in [6, 6.07) is 15.1. The molecule has 3 heteroatoms. The van der Waals surface area contributed by atoms with Gasteiger partial charge in [0.15, 0.2) is 0 Å². The lowest BCUT2D eigenvalue weighted by Crippen LogP contribution is -2.04. The molecular formula is C15H17NO2. The standard InChI is InChI=1S/C15H17NO2/c1-18-13-8-7-12(14(16)10-13)9-15(17)11-5-3-2-4-6-11/h2-8,10,15,17H,9,16H2,1H3. The zero-order valence-electron chi connectivity index (χ0n) is 10.3. The molecule has 94 valence electrons. The first-order valence-electron chi connectivity index (χ1n) is 5.86. The van der Waals surface area contributed by atoms with Crippen LogP contribution in [0, 0.1) is 0 Å². The first-order valence-corrected chi connectivity index (χ1v) is 5.86. The average Bonchev–Trinajstić information content (AvgIpc) is 2.42. The molecule has 3 nitrogen and oxygen atoms in total. The molecule has 0 aromatic heterocycles. The van der Waals surface area contributed by atoms with E-state index in [2.05, 4.69) is 0 Å². The molecule has 0 radical (unpaired) electrons. The van der Waals surface area contributed by atoms with Gasteiger partial charge >= 0.3 is 0 Å². The van der Waals surface area contributed by atoms with Crippen LogP contribution in [0.1, 0.15) is 17.2 Å². The molecule has 2 aromatic carbocycles. The maximum atomic E-state index is 10.1. The minimum absolute atomic E-state index is 0.500. The second-order valence-corrected chi connectivity index (χ2v) is 4.20. The van der Waals surface area contributed by atoms with Crippen LogP contribution in [-0.2, 0) is 6.42 Å². The van der Waals surface area contributed by atoms with Crippen LogP contribution in [-0.4, -0.2) is 12.2 Å². The van der Waals surface area contributed by atoms with Gasteiger partial charge in [0, 0.05) is 18.2 Å². The normalized spacial score (nSPS) is 12.1. The van der Waals surface area contributed by atoms with Gasteiger partial charge in [0.05, 0.1) is 13.2 Å². The quantitative estimate of drug-likeness (QED) is 0.811. The second kappa shape index (κ2) is 5.56. The summed E-state index contributed by atoms with van der Waals surface area (Å²) in [6.45, 7) is 0. The molecule has 0 amide bonds. The molecule has 0 saturated heterocycles. The van der Waals surface area contributed by atoms with Gasteiger partial charge in [-0.1, -0.05) is 36.4 Å². The smallest absolute Gasteiger partial charge is 0.120 e. The number of anilines is 1. The van der Waals surface area contributed by atoms with E-state index in [0.717, 1.165) is 16.9 Å². The molecule has 1 unspecified atom stereocenters. The molecular weight excluding hydrogens is 226 g/mol. The fraction of sp³-hybridized carbons (Fsp3) is 0.200. The molecule has 0 aliphatic rings. The molecule has 0 saturated carbocycles. The third-order valence-electron chi connectivity index (χ3n) is 2.95. The van der Waals surface area contributed by atoms with Crippen molar-refractivity contribution in [3.8, 4) is 5.75 Å². The van der Waals surface area contributed by atoms with Crippen LogP contribution >= 0.6 is 0 Å². The lowest BCUT2D eigenvalue weighted by Gasteiger charge is -2.13. The van der Waals surface area contributed by atoms with Gasteiger partial charge in [-0.15, -0.1) is 0 Å². The van der Waals surface area contributed by atoms with E-state index in [0.29, 0.717) is 12.1 Å². The predicted octanol–water partition coefficient (Wildman–Crippen LogP) is 2.55. The van der Waals surface area contributed by atoms with E-state index in [4.69, 9.17) is 10.5 Å². The van der Waals surface area contributed by atoms with Gasteiger partial charge in [0.1, 0.15) is 5.75 Å². The summed E-state index contributed by atoms with van der Waals surface area (Å²) in [4.78, 5) is 0. The first kappa shape index (κ1) is 12.5. The Morgan fingerprint density at radius 2 is 1.89 bits per heavy atom. The first-order chi connectivity index (χ1) is 8.70. The van der Waals surface area contributed by atoms with Gasteiger partial charge in [-0.2, -0.15) is 0 Å². The summed E-state index contributed by atoms with van der Waals surface area (Å²) in [5.74, 6) is 0.727. The number of benzene rings is 2. The van der Waals surface area contributed by atoms with Gasteiger partial charge in [-0.05, 0) is 17.2 Å². The Balaban J connectivity index is 2.14. The van der Waals surface area contributed by atoms with Gasteiger partial charge in [0.25, 0.3) is 0 Å². The largest absolute Gasteiger partial charge is 0.497 e. The monoisotopic (exact) mass is 243 g/mol. The highest BCUT2D eigenvalue weighted by Crippen LogP contribution is 2.25. The molecule has 0 fully saturated rings. The Labute approximate surface area is 107 Å². The van der Waals surface area contributed by atoms with Crippen molar-refractivity contribution in [2.24, 2.45) is 0 Å². The summed E-state index contributed by atoms with van der Waals surface area (Å²) in [5.41, 5.74) is 8.39. The third kappa shape index (κ3) is 2.81. The van der Waals surface area contributed by atoms with Crippen LogP contribution in [0.2, 0.25) is 0 Å². The number of nitrogens with two attached hydrogens (primary N) is 1. The van der Waals surface area contributed by atoms with Crippen molar-refractivity contribution in [1.29, 1.82) is 0 Å². The van der Waals surface area contributed by atoms with Crippen LogP contribution in [0.25, 0.3) is 0 Å². The maximum Gasteiger partial charge on any atom is 0.120 e. The van der Waals surface area contributed by atoms with Crippen molar-refractivity contribution >= 4 is 5.69 Å². The van der Waals surface area contributed by atoms with E-state index in [9.17, 15) is 5.11 Å². The van der Waals surface area contributed by atoms with Crippen molar-refractivity contribution < 1.29 is 9.84 Å². The Hall–Kier alpha value is -2.00. The Bertz CT molecular complexity index is 511. The van der Waals surface area contributed by atoms with Crippen molar-refractivity contribution in [1.82, 2.24) is 0 Å². The molecule has 0 spiro atoms. The summed E-state index contributed by atoms with van der Waals surface area (Å²) in [7, 11) is 1.60. The third-order valence-corrected chi connectivity index (χ3v) is 2.95. The lowest BCUT2D eigenvalue weighted by atomic mass is 10.0. The Kier molecular flexibility index (Phi) is 3.85. The summed E-state index contributed by atoms with van der Waals surface area (Å²) >= 11 is 0. The topological polar surface area (TPSA) is 55.5 Å². The number of ether oxygens (including phenoxy) is 1. The van der Waals surface area contributed by atoms with Crippen molar-refractivity contribution in [3.63, 3.8) is 0 Å². The molecule has 0 bridgehead atoms. The number of hydrogen-bond acceptors (Lipinski definition) is 3. The predicted molar refractivity (Wildman–Crippen MR) is 72.5 cm³/mol. The van der Waals surface area contributed by atoms with E-state index in [1.54, 1.807) is 13.2 Å². The molecule has 1 atom stereocenters. The molecule has 0 heterocycles. The summed E-state index contributed by atoms with van der Waals surface area (Å²) < 4.78 is 5.10. The van der Waals surface area contributed by atoms with Crippen LogP contribution < -0.4 is 10.5 Å². The zero-order chi connectivity index (χ0) is 13.0. The molecule has 3 N–H and O–H groups in total. The fourth-order valence-electron chi connectivity index (χ4n) is 1.89. The van der Waals surface area contributed by atoms with E-state index >= 15 is 0 Å². The van der Waals surface area contributed by atoms with Crippen molar-refractivity contribution in [2.45, 2.75) is 12.5 Å². The van der Waals surface area contributed by atoms with Crippen LogP contribution in [0.4, 0.5) is 5.69 Å². The highest BCUT2D eigenvalue weighted by atomic mass is 16.5. The van der Waals surface area contributed by atoms with Gasteiger partial charge < -0.3 is 15.6 Å². The number of methoxy groups -OCH3 is 1. The van der Waals surface area contributed by atoms with Crippen molar-refractivity contribution in [2.75, 3.05) is 12.8 Å². The number of rotatable bonds is 4. The van der Waals surface area contributed by atoms with Gasteiger partial charge in [-0.25, -0.2) is 0 Å². The average molecular weight is 243 g/mol. The highest BCUT2D eigenvalue weighted by molar-refractivity contribution is 5.51. The Morgan fingerprint density at radius 1 is 1.17 bits per heavy atom. The number of nitrogen functional groups attached to an aromatic ring is 1. The molecule has 18 heavy (non-hydrogen) atoms. The van der Waals surface area contributed by atoms with E-state index in [1.807, 2.05) is 42.5 Å². The highest BCUT2D eigenvalue weighted by Gasteiger charge is 2.10. The summed E-state index contributed by atoms with van der Waals surface area (Å²) in [6.07, 6.45) is -0.0401. The summed E-state index contributed by atoms with van der Waals surface area (Å²) in [5, 5.41) is 10.1. The number of aliphatic hydroxyl groups is 1. The minimum atomic E-state index is -0.540. The van der Waals surface area contributed by atoms with Crippen molar-refractivity contribution in [3.05, 3.63) is 59.7 Å².